The zero-order valence-corrected chi connectivity index (χ0v) is 25.9. The Balaban J connectivity index is 0.00000162. The molecule has 3 aromatic rings. The van der Waals surface area contributed by atoms with E-state index in [1.165, 1.54) is 0 Å². The number of ether oxygens (including phenoxy) is 1. The summed E-state index contributed by atoms with van der Waals surface area (Å²) in [6, 6.07) is 11.1. The predicted octanol–water partition coefficient (Wildman–Crippen LogP) is 6.57. The number of carbonyl (C=O) groups is 1. The second kappa shape index (κ2) is 15.8. The first-order valence-corrected chi connectivity index (χ1v) is 14.2. The van der Waals surface area contributed by atoms with Crippen molar-refractivity contribution >= 4 is 17.4 Å². The molecule has 1 fully saturated rings. The molecule has 1 aromatic carbocycles. The lowest BCUT2D eigenvalue weighted by Gasteiger charge is -2.36. The highest BCUT2D eigenvalue weighted by molar-refractivity contribution is 5.98. The number of rotatable bonds is 8. The van der Waals surface area contributed by atoms with Crippen LogP contribution < -0.4 is 10.2 Å². The fourth-order valence-corrected chi connectivity index (χ4v) is 4.87. The van der Waals surface area contributed by atoms with E-state index in [1.54, 1.807) is 49.7 Å². The lowest BCUT2D eigenvalue weighted by molar-refractivity contribution is 0.0744. The zero-order chi connectivity index (χ0) is 31.4. The number of amides is 1. The number of hydrogen-bond donors (Lipinski definition) is 2. The Hall–Kier alpha value is -5.03. The summed E-state index contributed by atoms with van der Waals surface area (Å²) in [6.07, 6.45) is 15.8. The van der Waals surface area contributed by atoms with Crippen LogP contribution >= 0.6 is 0 Å². The molecule has 3 heterocycles. The highest BCUT2D eigenvalue weighted by atomic mass is 16.5. The molecular formula is C35H41N5O3. The summed E-state index contributed by atoms with van der Waals surface area (Å²) < 4.78 is 5.47. The number of pyridine rings is 2. The summed E-state index contributed by atoms with van der Waals surface area (Å²) in [4.78, 5) is 26.1. The molecular weight excluding hydrogens is 538 g/mol. The van der Waals surface area contributed by atoms with Gasteiger partial charge in [0.2, 0.25) is 0 Å². The number of terminal acetylenes is 1. The molecule has 4 rings (SSSR count). The molecule has 0 aliphatic carbocycles. The van der Waals surface area contributed by atoms with Crippen LogP contribution in [0, 0.1) is 19.3 Å². The number of hydrogen-bond acceptors (Lipinski definition) is 7. The molecule has 1 aliphatic rings. The van der Waals surface area contributed by atoms with Gasteiger partial charge in [-0.05, 0) is 87.7 Å². The molecule has 1 amide bonds. The zero-order valence-electron chi connectivity index (χ0n) is 25.9. The van der Waals surface area contributed by atoms with Gasteiger partial charge in [0, 0.05) is 67.8 Å². The minimum atomic E-state index is -0.173. The Morgan fingerprint density at radius 3 is 2.33 bits per heavy atom. The molecule has 2 aromatic heterocycles. The lowest BCUT2D eigenvalue weighted by atomic mass is 10.0. The van der Waals surface area contributed by atoms with Gasteiger partial charge >= 0.3 is 0 Å². The molecule has 8 nitrogen and oxygen atoms in total. The van der Waals surface area contributed by atoms with Crippen molar-refractivity contribution in [3.63, 3.8) is 0 Å². The fourth-order valence-electron chi connectivity index (χ4n) is 4.87. The maximum atomic E-state index is 13.4. The monoisotopic (exact) mass is 579 g/mol. The maximum Gasteiger partial charge on any atom is 0.257 e. The van der Waals surface area contributed by atoms with E-state index in [1.807, 2.05) is 70.3 Å². The Morgan fingerprint density at radius 1 is 1.07 bits per heavy atom. The van der Waals surface area contributed by atoms with Crippen molar-refractivity contribution in [1.82, 2.24) is 14.9 Å². The van der Waals surface area contributed by atoms with E-state index < -0.39 is 0 Å². The predicted molar refractivity (Wildman–Crippen MR) is 175 cm³/mol. The van der Waals surface area contributed by atoms with Crippen molar-refractivity contribution < 1.29 is 14.6 Å². The first-order chi connectivity index (χ1) is 20.8. The number of aromatic hydroxyl groups is 1. The van der Waals surface area contributed by atoms with Crippen molar-refractivity contribution in [2.75, 3.05) is 43.5 Å². The van der Waals surface area contributed by atoms with Gasteiger partial charge in [-0.2, -0.15) is 0 Å². The first kappa shape index (κ1) is 32.5. The number of phenolic OH excluding ortho intramolecular Hbond substituents is 1. The van der Waals surface area contributed by atoms with Crippen molar-refractivity contribution in [3.8, 4) is 29.2 Å². The Kier molecular flexibility index (Phi) is 12.0. The van der Waals surface area contributed by atoms with Crippen molar-refractivity contribution in [2.45, 2.75) is 34.6 Å². The minimum absolute atomic E-state index is 0.0229. The first-order valence-electron chi connectivity index (χ1n) is 14.2. The van der Waals surface area contributed by atoms with Gasteiger partial charge in [0.05, 0.1) is 12.7 Å². The highest BCUT2D eigenvalue weighted by Crippen LogP contribution is 2.29. The third-order valence-corrected chi connectivity index (χ3v) is 7.12. The molecule has 1 aliphatic heterocycles. The van der Waals surface area contributed by atoms with E-state index in [4.69, 9.17) is 4.74 Å². The molecule has 2 N–H and O–H groups in total. The molecule has 43 heavy (non-hydrogen) atoms. The molecule has 0 radical (unpaired) electrons. The van der Waals surface area contributed by atoms with E-state index in [2.05, 4.69) is 32.5 Å². The molecule has 0 saturated carbocycles. The van der Waals surface area contributed by atoms with Gasteiger partial charge in [-0.1, -0.05) is 12.1 Å². The van der Waals surface area contributed by atoms with E-state index in [0.717, 1.165) is 58.2 Å². The number of aromatic nitrogens is 2. The number of piperazine rings is 1. The van der Waals surface area contributed by atoms with Gasteiger partial charge in [-0.15, -0.1) is 12.3 Å². The highest BCUT2D eigenvalue weighted by Gasteiger charge is 2.24. The van der Waals surface area contributed by atoms with Crippen LogP contribution in [0.3, 0.4) is 0 Å². The van der Waals surface area contributed by atoms with E-state index in [0.29, 0.717) is 18.7 Å². The quantitative estimate of drug-likeness (QED) is 0.177. The van der Waals surface area contributed by atoms with Crippen molar-refractivity contribution in [1.29, 1.82) is 0 Å². The van der Waals surface area contributed by atoms with Crippen LogP contribution in [0.1, 0.15) is 43.6 Å². The van der Waals surface area contributed by atoms with Crippen LogP contribution in [0.5, 0.6) is 5.75 Å². The molecule has 0 bridgehead atoms. The molecule has 0 atom stereocenters. The average molecular weight is 580 g/mol. The van der Waals surface area contributed by atoms with Gasteiger partial charge in [0.25, 0.3) is 5.91 Å². The molecule has 224 valence electrons. The number of nitrogens with one attached hydrogen (secondary N) is 1. The summed E-state index contributed by atoms with van der Waals surface area (Å²) in [7, 11) is 1.66. The van der Waals surface area contributed by atoms with Gasteiger partial charge in [-0.25, -0.2) is 4.98 Å². The van der Waals surface area contributed by atoms with Crippen molar-refractivity contribution in [3.05, 3.63) is 101 Å². The summed E-state index contributed by atoms with van der Waals surface area (Å²) in [5.74, 6) is 3.60. The average Bonchev–Trinajstić information content (AvgIpc) is 3.03. The second-order valence-electron chi connectivity index (χ2n) is 9.93. The Labute approximate surface area is 255 Å². The number of allylic oxidation sites excluding steroid dienone is 3. The fraction of sp³-hybridized carbons (Fsp3) is 0.286. The molecule has 0 unspecified atom stereocenters. The number of anilines is 2. The Morgan fingerprint density at radius 2 is 1.74 bits per heavy atom. The van der Waals surface area contributed by atoms with Crippen LogP contribution in [-0.4, -0.2) is 59.2 Å². The topological polar surface area (TPSA) is 90.8 Å². The van der Waals surface area contributed by atoms with E-state index in [-0.39, 0.29) is 11.7 Å². The Bertz CT molecular complexity index is 1530. The number of nitrogens with zero attached hydrogens (tertiary/aromatic N) is 4. The lowest BCUT2D eigenvalue weighted by Crippen LogP contribution is -2.48. The number of aryl methyl sites for hydroxylation is 1. The molecule has 1 saturated heterocycles. The number of methoxy groups -OCH3 is 1. The number of carbonyl (C=O) groups excluding carboxylic acids is 1. The number of benzene rings is 1. The van der Waals surface area contributed by atoms with Crippen LogP contribution in [0.25, 0.3) is 11.1 Å². The van der Waals surface area contributed by atoms with Crippen LogP contribution in [-0.2, 0) is 4.74 Å². The van der Waals surface area contributed by atoms with Gasteiger partial charge < -0.3 is 25.0 Å². The third kappa shape index (κ3) is 8.26. The standard InChI is InChI=1S/C32H37N5O3.C3H4/c1-6-27(30(7-2)40-5)23(4)20-34-31-22(3)18-25(21-35-31)24-8-9-29(38)28(19-24)32(39)37-16-14-36(15-17-37)26-10-12-33-13-11-26;1-3-2/h6-13,18-21,38H,14-17H2,1-5H3,(H,34,35);1H,2H3/b23-20+,27-6-,30-7+;. The number of phenols is 1. The smallest absolute Gasteiger partial charge is 0.257 e. The van der Waals surface area contributed by atoms with Gasteiger partial charge in [-0.3, -0.25) is 9.78 Å². The van der Waals surface area contributed by atoms with Crippen LogP contribution in [0.2, 0.25) is 0 Å². The van der Waals surface area contributed by atoms with Gasteiger partial charge in [0.1, 0.15) is 17.3 Å². The second-order valence-corrected chi connectivity index (χ2v) is 9.93. The summed E-state index contributed by atoms with van der Waals surface area (Å²) in [6.45, 7) is 12.2. The van der Waals surface area contributed by atoms with E-state index in [9.17, 15) is 9.90 Å². The van der Waals surface area contributed by atoms with E-state index >= 15 is 0 Å². The summed E-state index contributed by atoms with van der Waals surface area (Å²) in [5, 5.41) is 13.9. The summed E-state index contributed by atoms with van der Waals surface area (Å²) >= 11 is 0. The van der Waals surface area contributed by atoms with Crippen LogP contribution in [0.4, 0.5) is 11.5 Å². The van der Waals surface area contributed by atoms with Crippen LogP contribution in [0.15, 0.2) is 90.2 Å². The summed E-state index contributed by atoms with van der Waals surface area (Å²) in [5.41, 5.74) is 6.06. The van der Waals surface area contributed by atoms with Gasteiger partial charge in [0.15, 0.2) is 0 Å². The molecule has 8 heteroatoms. The largest absolute Gasteiger partial charge is 0.507 e. The minimum Gasteiger partial charge on any atom is -0.507 e. The third-order valence-electron chi connectivity index (χ3n) is 7.12. The van der Waals surface area contributed by atoms with Crippen molar-refractivity contribution in [2.24, 2.45) is 0 Å². The maximum absolute atomic E-state index is 13.4. The molecule has 0 spiro atoms. The normalized spacial score (nSPS) is 13.9. The SMILES string of the molecule is C#CC.C/C=C(C(/C)=C/Nc1ncc(-c2ccc(O)c(C(=O)N3CCN(c4ccncc4)CC3)c2)cc1C)\C(=C/C)OC.